The lowest BCUT2D eigenvalue weighted by Crippen LogP contribution is -2.35. The van der Waals surface area contributed by atoms with Crippen LogP contribution in [0.1, 0.15) is 12.8 Å². The zero-order valence-corrected chi connectivity index (χ0v) is 9.73. The summed E-state index contributed by atoms with van der Waals surface area (Å²) in [6.45, 7) is 0.418. The van der Waals surface area contributed by atoms with E-state index < -0.39 is 23.3 Å². The summed E-state index contributed by atoms with van der Waals surface area (Å²) in [5.74, 6) is -1.35. The average molecular weight is 258 g/mol. The van der Waals surface area contributed by atoms with E-state index in [1.807, 2.05) is 10.1 Å². The van der Waals surface area contributed by atoms with Crippen molar-refractivity contribution in [3.8, 4) is 0 Å². The summed E-state index contributed by atoms with van der Waals surface area (Å²) in [5, 5.41) is 16.9. The number of H-pyrrole nitrogens is 2. The minimum absolute atomic E-state index is 0.237. The molecule has 18 heavy (non-hydrogen) atoms. The van der Waals surface area contributed by atoms with E-state index in [4.69, 9.17) is 9.84 Å². The molecule has 0 aromatic carbocycles. The van der Waals surface area contributed by atoms with Crippen molar-refractivity contribution in [2.45, 2.75) is 18.9 Å². The van der Waals surface area contributed by atoms with Crippen molar-refractivity contribution in [1.82, 2.24) is 15.2 Å². The Bertz CT molecular complexity index is 508. The third-order valence-electron chi connectivity index (χ3n) is 2.16. The van der Waals surface area contributed by atoms with E-state index in [0.717, 1.165) is 0 Å². The molecule has 9 nitrogen and oxygen atoms in total. The summed E-state index contributed by atoms with van der Waals surface area (Å²) in [6.07, 6.45) is 0.783. The van der Waals surface area contributed by atoms with Gasteiger partial charge in [0.15, 0.2) is 0 Å². The van der Waals surface area contributed by atoms with Gasteiger partial charge in [0.25, 0.3) is 5.56 Å². The molecule has 0 saturated carbocycles. The quantitative estimate of drug-likeness (QED) is 0.448. The van der Waals surface area contributed by atoms with Gasteiger partial charge in [-0.15, -0.1) is 5.10 Å². The van der Waals surface area contributed by atoms with Crippen LogP contribution in [0.3, 0.4) is 0 Å². The first-order valence-corrected chi connectivity index (χ1v) is 5.22. The Hall–Kier alpha value is -2.16. The van der Waals surface area contributed by atoms with Gasteiger partial charge in [-0.1, -0.05) is 0 Å². The van der Waals surface area contributed by atoms with Gasteiger partial charge in [-0.25, -0.2) is 14.7 Å². The SMILES string of the molecule is COCCCC(Nc1n[nH]c(=O)[nH]c1=O)C(=O)O. The number of aliphatic carboxylic acids is 1. The standard InChI is InChI=1S/C9H14N4O5/c1-18-4-2-3-5(8(15)16)10-6-7(14)11-9(17)13-12-6/h5H,2-4H2,1H3,(H,10,12)(H,15,16)(H2,11,13,14,17). The molecule has 0 spiro atoms. The molecule has 9 heteroatoms. The minimum atomic E-state index is -1.11. The van der Waals surface area contributed by atoms with Crippen molar-refractivity contribution in [2.75, 3.05) is 19.0 Å². The number of rotatable bonds is 7. The van der Waals surface area contributed by atoms with Crippen LogP contribution in [0.5, 0.6) is 0 Å². The van der Waals surface area contributed by atoms with Crippen LogP contribution in [0.2, 0.25) is 0 Å². The molecule has 0 fully saturated rings. The number of methoxy groups -OCH3 is 1. The zero-order valence-electron chi connectivity index (χ0n) is 9.73. The highest BCUT2D eigenvalue weighted by atomic mass is 16.5. The number of hydrogen-bond donors (Lipinski definition) is 4. The fourth-order valence-electron chi connectivity index (χ4n) is 1.30. The van der Waals surface area contributed by atoms with Gasteiger partial charge in [0.1, 0.15) is 6.04 Å². The Morgan fingerprint density at radius 2 is 2.28 bits per heavy atom. The van der Waals surface area contributed by atoms with Gasteiger partial charge in [0, 0.05) is 13.7 Å². The highest BCUT2D eigenvalue weighted by Crippen LogP contribution is 2.03. The van der Waals surface area contributed by atoms with Crippen molar-refractivity contribution in [1.29, 1.82) is 0 Å². The Labute approximate surface area is 101 Å². The van der Waals surface area contributed by atoms with Gasteiger partial charge in [-0.05, 0) is 12.8 Å². The summed E-state index contributed by atoms with van der Waals surface area (Å²) in [6, 6.07) is -0.973. The molecule has 100 valence electrons. The van der Waals surface area contributed by atoms with E-state index >= 15 is 0 Å². The lowest BCUT2D eigenvalue weighted by molar-refractivity contribution is -0.138. The lowest BCUT2D eigenvalue weighted by Gasteiger charge is -2.13. The van der Waals surface area contributed by atoms with Crippen LogP contribution < -0.4 is 16.6 Å². The summed E-state index contributed by atoms with van der Waals surface area (Å²) in [4.78, 5) is 35.0. The van der Waals surface area contributed by atoms with Gasteiger partial charge >= 0.3 is 11.7 Å². The van der Waals surface area contributed by atoms with Crippen LogP contribution >= 0.6 is 0 Å². The van der Waals surface area contributed by atoms with Crippen LogP contribution in [-0.4, -0.2) is 46.0 Å². The molecule has 1 rings (SSSR count). The molecule has 0 radical (unpaired) electrons. The molecule has 1 atom stereocenters. The van der Waals surface area contributed by atoms with Crippen molar-refractivity contribution in [2.24, 2.45) is 0 Å². The molecule has 1 heterocycles. The first-order chi connectivity index (χ1) is 8.54. The monoisotopic (exact) mass is 258 g/mol. The van der Waals surface area contributed by atoms with Gasteiger partial charge in [0.2, 0.25) is 5.82 Å². The highest BCUT2D eigenvalue weighted by molar-refractivity contribution is 5.76. The molecule has 0 amide bonds. The zero-order chi connectivity index (χ0) is 13.5. The minimum Gasteiger partial charge on any atom is -0.480 e. The number of nitrogens with one attached hydrogen (secondary N) is 3. The summed E-state index contributed by atoms with van der Waals surface area (Å²) in [5.41, 5.74) is -1.52. The van der Waals surface area contributed by atoms with Crippen molar-refractivity contribution < 1.29 is 14.6 Å². The summed E-state index contributed by atoms with van der Waals surface area (Å²) < 4.78 is 4.81. The first-order valence-electron chi connectivity index (χ1n) is 5.22. The number of carboxylic acid groups (broad SMARTS) is 1. The number of hydrogen-bond acceptors (Lipinski definition) is 6. The second-order valence-electron chi connectivity index (χ2n) is 3.53. The highest BCUT2D eigenvalue weighted by Gasteiger charge is 2.18. The predicted octanol–water partition coefficient (Wildman–Crippen LogP) is -1.25. The maximum atomic E-state index is 11.3. The Kier molecular flexibility index (Phi) is 5.06. The van der Waals surface area contributed by atoms with E-state index in [1.54, 1.807) is 0 Å². The normalized spacial score (nSPS) is 12.1. The van der Waals surface area contributed by atoms with E-state index in [9.17, 15) is 14.4 Å². The molecule has 0 bridgehead atoms. The Morgan fingerprint density at radius 1 is 1.56 bits per heavy atom. The smallest absolute Gasteiger partial charge is 0.342 e. The number of aromatic nitrogens is 3. The molecule has 0 aliphatic rings. The fourth-order valence-corrected chi connectivity index (χ4v) is 1.30. The molecular formula is C9H14N4O5. The Morgan fingerprint density at radius 3 is 2.83 bits per heavy atom. The van der Waals surface area contributed by atoms with E-state index in [2.05, 4.69) is 10.4 Å². The summed E-state index contributed by atoms with van der Waals surface area (Å²) >= 11 is 0. The lowest BCUT2D eigenvalue weighted by atomic mass is 10.1. The Balaban J connectivity index is 2.74. The number of aromatic amines is 2. The number of nitrogens with zero attached hydrogens (tertiary/aromatic N) is 1. The van der Waals surface area contributed by atoms with Gasteiger partial charge in [0.05, 0.1) is 0 Å². The topological polar surface area (TPSA) is 137 Å². The third kappa shape index (κ3) is 4.01. The van der Waals surface area contributed by atoms with Gasteiger partial charge in [-0.2, -0.15) is 0 Å². The molecule has 4 N–H and O–H groups in total. The van der Waals surface area contributed by atoms with Crippen LogP contribution in [0.15, 0.2) is 9.59 Å². The number of ether oxygens (including phenoxy) is 1. The maximum Gasteiger partial charge on any atom is 0.342 e. The fraction of sp³-hybridized carbons (Fsp3) is 0.556. The number of anilines is 1. The van der Waals surface area contributed by atoms with Crippen molar-refractivity contribution in [3.63, 3.8) is 0 Å². The van der Waals surface area contributed by atoms with Crippen LogP contribution in [0, 0.1) is 0 Å². The number of carboxylic acids is 1. The average Bonchev–Trinajstić information content (AvgIpc) is 2.30. The van der Waals surface area contributed by atoms with E-state index in [-0.39, 0.29) is 12.2 Å². The number of carbonyl (C=O) groups is 1. The third-order valence-corrected chi connectivity index (χ3v) is 2.16. The second kappa shape index (κ2) is 6.55. The van der Waals surface area contributed by atoms with Crippen LogP contribution in [0.25, 0.3) is 0 Å². The van der Waals surface area contributed by atoms with Crippen molar-refractivity contribution >= 4 is 11.8 Å². The van der Waals surface area contributed by atoms with E-state index in [0.29, 0.717) is 13.0 Å². The maximum absolute atomic E-state index is 11.3. The van der Waals surface area contributed by atoms with Gasteiger partial charge < -0.3 is 15.2 Å². The summed E-state index contributed by atoms with van der Waals surface area (Å²) in [7, 11) is 1.51. The largest absolute Gasteiger partial charge is 0.480 e. The second-order valence-corrected chi connectivity index (χ2v) is 3.53. The molecule has 0 aliphatic heterocycles. The molecule has 0 saturated heterocycles. The molecular weight excluding hydrogens is 244 g/mol. The first kappa shape index (κ1) is 13.9. The van der Waals surface area contributed by atoms with E-state index in [1.165, 1.54) is 7.11 Å². The predicted molar refractivity (Wildman–Crippen MR) is 61.6 cm³/mol. The molecule has 1 aromatic heterocycles. The molecule has 1 unspecified atom stereocenters. The van der Waals surface area contributed by atoms with Crippen molar-refractivity contribution in [3.05, 3.63) is 20.8 Å². The van der Waals surface area contributed by atoms with Crippen LogP contribution in [-0.2, 0) is 9.53 Å². The van der Waals surface area contributed by atoms with Gasteiger partial charge in [-0.3, -0.25) is 9.78 Å². The molecule has 1 aromatic rings. The van der Waals surface area contributed by atoms with Crippen LogP contribution in [0.4, 0.5) is 5.82 Å². The molecule has 0 aliphatic carbocycles.